The van der Waals surface area contributed by atoms with Crippen LogP contribution in [-0.4, -0.2) is 37.6 Å². The first-order valence-corrected chi connectivity index (χ1v) is 9.14. The van der Waals surface area contributed by atoms with E-state index in [9.17, 15) is 9.59 Å². The van der Waals surface area contributed by atoms with Crippen LogP contribution in [0.5, 0.6) is 0 Å². The highest BCUT2D eigenvalue weighted by Crippen LogP contribution is 2.11. The van der Waals surface area contributed by atoms with Gasteiger partial charge >= 0.3 is 0 Å². The second kappa shape index (κ2) is 14.5. The monoisotopic (exact) mass is 328 g/mol. The molecule has 2 amide bonds. The van der Waals surface area contributed by atoms with Crippen LogP contribution in [0, 0.1) is 5.92 Å². The number of carbonyl (C=O) groups is 2. The van der Waals surface area contributed by atoms with Crippen LogP contribution >= 0.6 is 0 Å². The van der Waals surface area contributed by atoms with Gasteiger partial charge in [0.25, 0.3) is 0 Å². The van der Waals surface area contributed by atoms with E-state index >= 15 is 0 Å². The van der Waals surface area contributed by atoms with Gasteiger partial charge in [-0.1, -0.05) is 33.1 Å². The van der Waals surface area contributed by atoms with Crippen molar-refractivity contribution < 1.29 is 14.3 Å². The Labute approximate surface area is 141 Å². The minimum absolute atomic E-state index is 0.0294. The van der Waals surface area contributed by atoms with Gasteiger partial charge in [-0.15, -0.1) is 0 Å². The van der Waals surface area contributed by atoms with Gasteiger partial charge in [0.1, 0.15) is 0 Å². The molecule has 0 aliphatic carbocycles. The summed E-state index contributed by atoms with van der Waals surface area (Å²) in [5.41, 5.74) is 0. The molecule has 0 spiro atoms. The molecule has 0 saturated heterocycles. The standard InChI is InChI=1S/C18H36N2O3/c1-5-7-9-16(6-2)14-20-18(22)11-10-17(21)19-12-8-13-23-15(3)4/h15-16H,5-14H2,1-4H3,(H,19,21)(H,20,22). The summed E-state index contributed by atoms with van der Waals surface area (Å²) in [7, 11) is 0. The molecule has 0 aromatic heterocycles. The fourth-order valence-electron chi connectivity index (χ4n) is 2.22. The largest absolute Gasteiger partial charge is 0.379 e. The van der Waals surface area contributed by atoms with E-state index < -0.39 is 0 Å². The Balaban J connectivity index is 3.65. The van der Waals surface area contributed by atoms with Gasteiger partial charge in [0.2, 0.25) is 11.8 Å². The summed E-state index contributed by atoms with van der Waals surface area (Å²) in [5.74, 6) is 0.453. The minimum atomic E-state index is -0.0669. The summed E-state index contributed by atoms with van der Waals surface area (Å²) < 4.78 is 5.40. The van der Waals surface area contributed by atoms with Crippen LogP contribution in [0.15, 0.2) is 0 Å². The number of rotatable bonds is 14. The Hall–Kier alpha value is -1.10. The molecule has 23 heavy (non-hydrogen) atoms. The van der Waals surface area contributed by atoms with Crippen LogP contribution < -0.4 is 10.6 Å². The lowest BCUT2D eigenvalue weighted by Crippen LogP contribution is -2.31. The van der Waals surface area contributed by atoms with E-state index in [1.54, 1.807) is 0 Å². The van der Waals surface area contributed by atoms with Crippen molar-refractivity contribution in [1.29, 1.82) is 0 Å². The molecule has 2 N–H and O–H groups in total. The number of unbranched alkanes of at least 4 members (excludes halogenated alkanes) is 1. The molecule has 0 rings (SSSR count). The summed E-state index contributed by atoms with van der Waals surface area (Å²) in [6.45, 7) is 10.3. The zero-order valence-corrected chi connectivity index (χ0v) is 15.5. The van der Waals surface area contributed by atoms with Crippen molar-refractivity contribution in [2.24, 2.45) is 5.92 Å². The topological polar surface area (TPSA) is 67.4 Å². The SMILES string of the molecule is CCCCC(CC)CNC(=O)CCC(=O)NCCCOC(C)C. The van der Waals surface area contributed by atoms with Gasteiger partial charge in [0.05, 0.1) is 6.10 Å². The second-order valence-corrected chi connectivity index (χ2v) is 6.34. The van der Waals surface area contributed by atoms with Crippen LogP contribution in [-0.2, 0) is 14.3 Å². The Morgan fingerprint density at radius 3 is 2.22 bits per heavy atom. The molecule has 0 fully saturated rings. The van der Waals surface area contributed by atoms with E-state index in [2.05, 4.69) is 24.5 Å². The molecule has 0 aliphatic heterocycles. The molecule has 1 unspecified atom stereocenters. The molecule has 0 radical (unpaired) electrons. The fourth-order valence-corrected chi connectivity index (χ4v) is 2.22. The highest BCUT2D eigenvalue weighted by atomic mass is 16.5. The van der Waals surface area contributed by atoms with Crippen molar-refractivity contribution in [3.63, 3.8) is 0 Å². The molecule has 5 nitrogen and oxygen atoms in total. The maximum atomic E-state index is 11.8. The Kier molecular flexibility index (Phi) is 13.8. The molecular weight excluding hydrogens is 292 g/mol. The lowest BCUT2D eigenvalue weighted by Gasteiger charge is -2.15. The average molecular weight is 328 g/mol. The van der Waals surface area contributed by atoms with Crippen molar-refractivity contribution >= 4 is 11.8 Å². The van der Waals surface area contributed by atoms with Crippen molar-refractivity contribution in [3.8, 4) is 0 Å². The van der Waals surface area contributed by atoms with Crippen LogP contribution in [0.4, 0.5) is 0 Å². The molecule has 0 aromatic carbocycles. The van der Waals surface area contributed by atoms with Gasteiger partial charge < -0.3 is 15.4 Å². The maximum absolute atomic E-state index is 11.8. The zero-order chi connectivity index (χ0) is 17.5. The third-order valence-corrected chi connectivity index (χ3v) is 3.80. The molecular formula is C18H36N2O3. The molecule has 0 heterocycles. The lowest BCUT2D eigenvalue weighted by molar-refractivity contribution is -0.126. The highest BCUT2D eigenvalue weighted by molar-refractivity contribution is 5.83. The van der Waals surface area contributed by atoms with Crippen molar-refractivity contribution in [3.05, 3.63) is 0 Å². The average Bonchev–Trinajstić information content (AvgIpc) is 2.52. The molecule has 0 saturated carbocycles. The van der Waals surface area contributed by atoms with Crippen LogP contribution in [0.25, 0.3) is 0 Å². The summed E-state index contributed by atoms with van der Waals surface area (Å²) in [5, 5.41) is 5.76. The first-order chi connectivity index (χ1) is 11.0. The lowest BCUT2D eigenvalue weighted by atomic mass is 9.99. The van der Waals surface area contributed by atoms with Crippen LogP contribution in [0.3, 0.4) is 0 Å². The van der Waals surface area contributed by atoms with Gasteiger partial charge in [-0.3, -0.25) is 9.59 Å². The van der Waals surface area contributed by atoms with Gasteiger partial charge in [-0.2, -0.15) is 0 Å². The molecule has 0 aliphatic rings. The third-order valence-electron chi connectivity index (χ3n) is 3.80. The molecule has 1 atom stereocenters. The third kappa shape index (κ3) is 14.2. The minimum Gasteiger partial charge on any atom is -0.379 e. The predicted molar refractivity (Wildman–Crippen MR) is 94.3 cm³/mol. The van der Waals surface area contributed by atoms with Gasteiger partial charge in [0, 0.05) is 32.5 Å². The van der Waals surface area contributed by atoms with E-state index in [-0.39, 0.29) is 30.8 Å². The van der Waals surface area contributed by atoms with Gasteiger partial charge in [-0.25, -0.2) is 0 Å². The summed E-state index contributed by atoms with van der Waals surface area (Å²) in [6.07, 6.45) is 6.17. The van der Waals surface area contributed by atoms with Crippen LogP contribution in [0.1, 0.15) is 72.6 Å². The second-order valence-electron chi connectivity index (χ2n) is 6.34. The molecule has 0 aromatic rings. The summed E-state index contributed by atoms with van der Waals surface area (Å²) in [6, 6.07) is 0. The van der Waals surface area contributed by atoms with Crippen molar-refractivity contribution in [2.75, 3.05) is 19.7 Å². The first-order valence-electron chi connectivity index (χ1n) is 9.14. The highest BCUT2D eigenvalue weighted by Gasteiger charge is 2.10. The number of hydrogen-bond acceptors (Lipinski definition) is 3. The summed E-state index contributed by atoms with van der Waals surface area (Å²) in [4.78, 5) is 23.4. The number of ether oxygens (including phenoxy) is 1. The maximum Gasteiger partial charge on any atom is 0.220 e. The van der Waals surface area contributed by atoms with E-state index in [1.807, 2.05) is 13.8 Å². The van der Waals surface area contributed by atoms with Crippen molar-refractivity contribution in [1.82, 2.24) is 10.6 Å². The quantitative estimate of drug-likeness (QED) is 0.482. The fraction of sp³-hybridized carbons (Fsp3) is 0.889. The predicted octanol–water partition coefficient (Wildman–Crippen LogP) is 3.03. The van der Waals surface area contributed by atoms with Crippen molar-refractivity contribution in [2.45, 2.75) is 78.7 Å². The number of amides is 2. The van der Waals surface area contributed by atoms with E-state index in [0.717, 1.165) is 25.8 Å². The zero-order valence-electron chi connectivity index (χ0n) is 15.5. The normalized spacial score (nSPS) is 12.2. The Bertz CT molecular complexity index is 319. The first kappa shape index (κ1) is 21.9. The van der Waals surface area contributed by atoms with E-state index in [1.165, 1.54) is 12.8 Å². The van der Waals surface area contributed by atoms with E-state index in [4.69, 9.17) is 4.74 Å². The van der Waals surface area contributed by atoms with E-state index in [0.29, 0.717) is 19.1 Å². The molecule has 5 heteroatoms. The summed E-state index contributed by atoms with van der Waals surface area (Å²) >= 11 is 0. The number of hydrogen-bond donors (Lipinski definition) is 2. The van der Waals surface area contributed by atoms with Gasteiger partial charge in [-0.05, 0) is 32.6 Å². The number of carbonyl (C=O) groups excluding carboxylic acids is 2. The van der Waals surface area contributed by atoms with Crippen LogP contribution in [0.2, 0.25) is 0 Å². The smallest absolute Gasteiger partial charge is 0.220 e. The molecule has 136 valence electrons. The molecule has 0 bridgehead atoms. The Morgan fingerprint density at radius 2 is 1.65 bits per heavy atom. The van der Waals surface area contributed by atoms with Gasteiger partial charge in [0.15, 0.2) is 0 Å². The number of nitrogens with one attached hydrogen (secondary N) is 2. The Morgan fingerprint density at radius 1 is 1.00 bits per heavy atom.